The summed E-state index contributed by atoms with van der Waals surface area (Å²) in [5.41, 5.74) is -1.77. The van der Waals surface area contributed by atoms with Crippen molar-refractivity contribution in [3.8, 4) is 12.1 Å². The van der Waals surface area contributed by atoms with Gasteiger partial charge in [-0.15, -0.1) is 0 Å². The lowest BCUT2D eigenvalue weighted by atomic mass is 10.2. The van der Waals surface area contributed by atoms with E-state index in [1.54, 1.807) is 0 Å². The first-order valence-electron chi connectivity index (χ1n) is 2.44. The second-order valence-electron chi connectivity index (χ2n) is 1.71. The molecule has 0 spiro atoms. The van der Waals surface area contributed by atoms with Crippen molar-refractivity contribution in [3.63, 3.8) is 0 Å². The van der Waals surface area contributed by atoms with Gasteiger partial charge in [0.1, 0.15) is 12.1 Å². The van der Waals surface area contributed by atoms with E-state index in [2.05, 4.69) is 4.84 Å². The fourth-order valence-electron chi connectivity index (χ4n) is 0.199. The Balaban J connectivity index is 3.95. The summed E-state index contributed by atoms with van der Waals surface area (Å²) in [6.45, 7) is 1.14. The second-order valence-corrected chi connectivity index (χ2v) is 2.40. The largest absolute Gasteiger partial charge is 0.828 e. The predicted molar refractivity (Wildman–Crippen MR) is 30.8 cm³/mol. The van der Waals surface area contributed by atoms with Crippen molar-refractivity contribution in [1.29, 1.82) is 10.5 Å². The van der Waals surface area contributed by atoms with Crippen molar-refractivity contribution in [1.82, 2.24) is 5.25 Å². The maximum atomic E-state index is 9.86. The highest BCUT2D eigenvalue weighted by molar-refractivity contribution is 7.39. The molecule has 0 unspecified atom stereocenters. The van der Waals surface area contributed by atoms with Crippen LogP contribution in [0.2, 0.25) is 0 Å². The second kappa shape index (κ2) is 4.20. The summed E-state index contributed by atoms with van der Waals surface area (Å²) >= 11 is 0. The number of rotatable bonds is 3. The molecule has 6 nitrogen and oxygen atoms in total. The van der Waals surface area contributed by atoms with Crippen LogP contribution in [0.25, 0.3) is 0 Å². The minimum absolute atomic E-state index is 1.14. The molecule has 0 heterocycles. The molecule has 0 atom stereocenters. The minimum atomic E-state index is -2.95. The maximum absolute atomic E-state index is 9.86. The third kappa shape index (κ3) is 3.84. The van der Waals surface area contributed by atoms with Crippen molar-refractivity contribution < 1.29 is 14.6 Å². The van der Waals surface area contributed by atoms with Crippen LogP contribution < -0.4 is 15.0 Å². The SMILES string of the molecule is CC(C#N)(C#N)ONP([O-])[O-]. The van der Waals surface area contributed by atoms with Crippen molar-refractivity contribution in [3.05, 3.63) is 0 Å². The lowest BCUT2D eigenvalue weighted by Crippen LogP contribution is -2.34. The molecule has 60 valence electrons. The van der Waals surface area contributed by atoms with Gasteiger partial charge in [-0.05, 0) is 6.92 Å². The Hall–Kier alpha value is -0.750. The zero-order chi connectivity index (χ0) is 8.91. The standard InChI is InChI=1S/C4H4N3O3P/c1-4(2-5,3-6)10-7-11(8)9/h7H,1H3/q-2. The summed E-state index contributed by atoms with van der Waals surface area (Å²) < 4.78 is 0. The van der Waals surface area contributed by atoms with Gasteiger partial charge in [-0.2, -0.15) is 10.5 Å². The molecule has 11 heavy (non-hydrogen) atoms. The van der Waals surface area contributed by atoms with Gasteiger partial charge in [-0.25, -0.2) is 13.8 Å². The van der Waals surface area contributed by atoms with Crippen molar-refractivity contribution >= 4 is 8.53 Å². The molecule has 0 aromatic heterocycles. The van der Waals surface area contributed by atoms with Gasteiger partial charge in [0.15, 0.2) is 0 Å². The highest BCUT2D eigenvalue weighted by Gasteiger charge is 2.23. The van der Waals surface area contributed by atoms with Gasteiger partial charge < -0.3 is 9.79 Å². The number of nitriles is 2. The fraction of sp³-hybridized carbons (Fsp3) is 0.500. The van der Waals surface area contributed by atoms with E-state index in [1.165, 1.54) is 17.4 Å². The zero-order valence-electron chi connectivity index (χ0n) is 5.57. The van der Waals surface area contributed by atoms with Gasteiger partial charge in [0.2, 0.25) is 0 Å². The molecule has 0 fully saturated rings. The van der Waals surface area contributed by atoms with Crippen LogP contribution in [0.1, 0.15) is 6.92 Å². The van der Waals surface area contributed by atoms with Crippen LogP contribution in [0.4, 0.5) is 0 Å². The molecule has 0 saturated carbocycles. The highest BCUT2D eigenvalue weighted by atomic mass is 31.2. The Morgan fingerprint density at radius 3 is 2.18 bits per heavy atom. The number of hydrogen-bond acceptors (Lipinski definition) is 6. The van der Waals surface area contributed by atoms with E-state index < -0.39 is 14.1 Å². The summed E-state index contributed by atoms with van der Waals surface area (Å²) in [5.74, 6) is 0. The minimum Gasteiger partial charge on any atom is -0.828 e. The quantitative estimate of drug-likeness (QED) is 0.400. The van der Waals surface area contributed by atoms with E-state index >= 15 is 0 Å². The first-order valence-corrected chi connectivity index (χ1v) is 3.62. The Labute approximate surface area is 64.6 Å². The maximum Gasteiger partial charge on any atom is 0.257 e. The van der Waals surface area contributed by atoms with Crippen LogP contribution >= 0.6 is 8.53 Å². The lowest BCUT2D eigenvalue weighted by Gasteiger charge is -2.31. The van der Waals surface area contributed by atoms with Gasteiger partial charge in [0.25, 0.3) is 5.60 Å². The molecule has 0 aliphatic rings. The predicted octanol–water partition coefficient (Wildman–Crippen LogP) is -1.74. The van der Waals surface area contributed by atoms with Gasteiger partial charge in [0.05, 0.1) is 0 Å². The zero-order valence-corrected chi connectivity index (χ0v) is 6.46. The van der Waals surface area contributed by atoms with Crippen molar-refractivity contribution in [2.45, 2.75) is 12.5 Å². The Morgan fingerprint density at radius 2 is 1.91 bits per heavy atom. The first kappa shape index (κ1) is 10.2. The highest BCUT2D eigenvalue weighted by Crippen LogP contribution is 2.10. The molecular formula is C4H4N3O3P-2. The molecule has 0 bridgehead atoms. The van der Waals surface area contributed by atoms with E-state index in [0.717, 1.165) is 6.92 Å². The average Bonchev–Trinajstić information content (AvgIpc) is 2.00. The smallest absolute Gasteiger partial charge is 0.257 e. The molecule has 7 heteroatoms. The fourth-order valence-corrected chi connectivity index (χ4v) is 0.456. The van der Waals surface area contributed by atoms with E-state index in [0.29, 0.717) is 0 Å². The normalized spacial score (nSPS) is 10.7. The Kier molecular flexibility index (Phi) is 3.91. The number of nitrogens with zero attached hydrogens (tertiary/aromatic N) is 2. The van der Waals surface area contributed by atoms with E-state index in [-0.39, 0.29) is 0 Å². The summed E-state index contributed by atoms with van der Waals surface area (Å²) in [7, 11) is -2.95. The lowest BCUT2D eigenvalue weighted by molar-refractivity contribution is -0.306. The van der Waals surface area contributed by atoms with Gasteiger partial charge in [0, 0.05) is 0 Å². The van der Waals surface area contributed by atoms with Gasteiger partial charge in [-0.1, -0.05) is 0 Å². The van der Waals surface area contributed by atoms with Crippen LogP contribution in [-0.4, -0.2) is 5.60 Å². The van der Waals surface area contributed by atoms with E-state index in [4.69, 9.17) is 10.5 Å². The Bertz CT molecular complexity index is 192. The molecule has 0 aromatic carbocycles. The summed E-state index contributed by atoms with van der Waals surface area (Å²) in [5, 5.41) is 18.0. The van der Waals surface area contributed by atoms with Crippen LogP contribution in [0.3, 0.4) is 0 Å². The van der Waals surface area contributed by atoms with E-state index in [1.807, 2.05) is 0 Å². The van der Waals surface area contributed by atoms with E-state index in [9.17, 15) is 9.79 Å². The molecule has 1 N–H and O–H groups in total. The van der Waals surface area contributed by atoms with Gasteiger partial charge >= 0.3 is 0 Å². The third-order valence-corrected chi connectivity index (χ3v) is 0.991. The van der Waals surface area contributed by atoms with Crippen LogP contribution in [0, 0.1) is 22.7 Å². The van der Waals surface area contributed by atoms with Crippen molar-refractivity contribution in [2.75, 3.05) is 0 Å². The number of nitrogens with one attached hydrogen (secondary N) is 1. The van der Waals surface area contributed by atoms with Crippen molar-refractivity contribution in [2.24, 2.45) is 0 Å². The summed E-state index contributed by atoms with van der Waals surface area (Å²) in [4.78, 5) is 23.9. The molecule has 0 radical (unpaired) electrons. The topological polar surface area (TPSA) is 115 Å². The average molecular weight is 173 g/mol. The summed E-state index contributed by atoms with van der Waals surface area (Å²) in [6.07, 6.45) is 0. The first-order chi connectivity index (χ1) is 5.04. The number of hydrogen-bond donors (Lipinski definition) is 1. The molecule has 0 rings (SSSR count). The third-order valence-electron chi connectivity index (χ3n) is 0.751. The summed E-state index contributed by atoms with van der Waals surface area (Å²) in [6, 6.07) is 2.94. The monoisotopic (exact) mass is 173 g/mol. The molecule has 0 aromatic rings. The van der Waals surface area contributed by atoms with Gasteiger partial charge in [-0.3, -0.25) is 4.84 Å². The Morgan fingerprint density at radius 1 is 1.45 bits per heavy atom. The molecule has 0 amide bonds. The van der Waals surface area contributed by atoms with Crippen LogP contribution in [0.5, 0.6) is 0 Å². The van der Waals surface area contributed by atoms with Crippen LogP contribution in [0.15, 0.2) is 0 Å². The van der Waals surface area contributed by atoms with Crippen LogP contribution in [-0.2, 0) is 4.84 Å². The molecule has 0 aliphatic heterocycles. The molecule has 0 saturated heterocycles. The molecular weight excluding hydrogens is 169 g/mol. The molecule has 0 aliphatic carbocycles.